The molecule has 1 heterocycles. The molecule has 0 radical (unpaired) electrons. The number of nitrogens with zero attached hydrogens (tertiary/aromatic N) is 2. The van der Waals surface area contributed by atoms with Crippen LogP contribution in [0.25, 0.3) is 0 Å². The van der Waals surface area contributed by atoms with Crippen LogP contribution in [0, 0.1) is 0 Å². The second kappa shape index (κ2) is 14.7. The van der Waals surface area contributed by atoms with Crippen LogP contribution < -0.4 is 5.73 Å². The minimum Gasteiger partial charge on any atom is -0.357 e. The van der Waals surface area contributed by atoms with Crippen LogP contribution in [0.15, 0.2) is 17.1 Å². The van der Waals surface area contributed by atoms with Crippen LogP contribution >= 0.6 is 0 Å². The molecule has 3 nitrogen and oxygen atoms in total. The Labute approximate surface area is 144 Å². The van der Waals surface area contributed by atoms with Gasteiger partial charge >= 0.3 is 0 Å². The lowest BCUT2D eigenvalue weighted by Gasteiger charge is -2.18. The number of unbranched alkanes of at least 4 members (excludes halogenated alkanes) is 10. The third-order valence-electron chi connectivity index (χ3n) is 4.62. The maximum Gasteiger partial charge on any atom is 0.103 e. The van der Waals surface area contributed by atoms with E-state index in [1.54, 1.807) is 0 Å². The van der Waals surface area contributed by atoms with Gasteiger partial charge in [-0.05, 0) is 12.8 Å². The lowest BCUT2D eigenvalue weighted by Crippen LogP contribution is -2.32. The lowest BCUT2D eigenvalue weighted by atomic mass is 10.1. The number of allylic oxidation sites excluding steroid dienone is 1. The summed E-state index contributed by atoms with van der Waals surface area (Å²) >= 11 is 0. The zero-order chi connectivity index (χ0) is 16.6. The third kappa shape index (κ3) is 10.5. The van der Waals surface area contributed by atoms with Gasteiger partial charge in [-0.3, -0.25) is 4.99 Å². The van der Waals surface area contributed by atoms with Crippen molar-refractivity contribution in [2.45, 2.75) is 84.0 Å². The first-order valence-electron chi connectivity index (χ1n) is 10.0. The molecule has 0 aromatic heterocycles. The second-order valence-corrected chi connectivity index (χ2v) is 6.72. The fraction of sp³-hybridized carbons (Fsp3) is 0.850. The van der Waals surface area contributed by atoms with Gasteiger partial charge in [-0.15, -0.1) is 0 Å². The van der Waals surface area contributed by atoms with Crippen molar-refractivity contribution in [1.29, 1.82) is 0 Å². The molecule has 0 aromatic rings. The molecule has 1 rings (SSSR count). The maximum atomic E-state index is 5.63. The van der Waals surface area contributed by atoms with E-state index >= 15 is 0 Å². The van der Waals surface area contributed by atoms with Gasteiger partial charge in [-0.25, -0.2) is 0 Å². The Bertz CT molecular complexity index is 323. The van der Waals surface area contributed by atoms with Crippen LogP contribution in [0.1, 0.15) is 84.0 Å². The van der Waals surface area contributed by atoms with Crippen molar-refractivity contribution in [1.82, 2.24) is 4.90 Å². The molecule has 0 aliphatic carbocycles. The molecule has 1 aliphatic heterocycles. The molecule has 2 N–H and O–H groups in total. The molecular weight excluding hydrogens is 282 g/mol. The minimum atomic E-state index is 0.724. The quantitative estimate of drug-likeness (QED) is 0.344. The van der Waals surface area contributed by atoms with Gasteiger partial charge in [0.25, 0.3) is 0 Å². The molecule has 0 bridgehead atoms. The van der Waals surface area contributed by atoms with Gasteiger partial charge in [0.1, 0.15) is 5.84 Å². The number of amidine groups is 1. The molecule has 0 amide bonds. The number of hydrogen-bond acceptors (Lipinski definition) is 3. The molecule has 0 unspecified atom stereocenters. The summed E-state index contributed by atoms with van der Waals surface area (Å²) in [7, 11) is 0. The number of rotatable bonds is 15. The number of aliphatic imine (C=N–C) groups is 1. The van der Waals surface area contributed by atoms with Gasteiger partial charge in [0.15, 0.2) is 0 Å². The first kappa shape index (κ1) is 20.2. The summed E-state index contributed by atoms with van der Waals surface area (Å²) in [5, 5.41) is 0. The summed E-state index contributed by atoms with van der Waals surface area (Å²) in [5.41, 5.74) is 5.63. The Morgan fingerprint density at radius 1 is 0.957 bits per heavy atom. The van der Waals surface area contributed by atoms with Crippen molar-refractivity contribution in [3.05, 3.63) is 12.2 Å². The van der Waals surface area contributed by atoms with Crippen molar-refractivity contribution in [3.8, 4) is 0 Å². The van der Waals surface area contributed by atoms with Crippen LogP contribution in [0.5, 0.6) is 0 Å². The van der Waals surface area contributed by atoms with Crippen LogP contribution in [0.4, 0.5) is 0 Å². The normalized spacial score (nSPS) is 14.9. The number of hydrogen-bond donors (Lipinski definition) is 1. The average Bonchev–Trinajstić information content (AvgIpc) is 2.99. The van der Waals surface area contributed by atoms with Crippen molar-refractivity contribution in [2.24, 2.45) is 10.7 Å². The molecule has 0 aromatic carbocycles. The lowest BCUT2D eigenvalue weighted by molar-refractivity contribution is 0.462. The van der Waals surface area contributed by atoms with Crippen LogP contribution in [-0.2, 0) is 0 Å². The van der Waals surface area contributed by atoms with Crippen molar-refractivity contribution < 1.29 is 0 Å². The summed E-state index contributed by atoms with van der Waals surface area (Å²) < 4.78 is 0. The third-order valence-corrected chi connectivity index (χ3v) is 4.62. The van der Waals surface area contributed by atoms with E-state index < -0.39 is 0 Å². The molecule has 0 saturated heterocycles. The Hall–Kier alpha value is -0.830. The van der Waals surface area contributed by atoms with E-state index in [1.165, 1.54) is 76.5 Å². The first-order valence-corrected chi connectivity index (χ1v) is 10.0. The molecule has 134 valence electrons. The topological polar surface area (TPSA) is 41.6 Å². The maximum absolute atomic E-state index is 5.63. The highest BCUT2D eigenvalue weighted by Gasteiger charge is 2.13. The van der Waals surface area contributed by atoms with Crippen LogP contribution in [0.2, 0.25) is 0 Å². The smallest absolute Gasteiger partial charge is 0.103 e. The van der Waals surface area contributed by atoms with Gasteiger partial charge in [0.05, 0.1) is 6.54 Å². The molecule has 0 atom stereocenters. The van der Waals surface area contributed by atoms with E-state index in [2.05, 4.69) is 29.0 Å². The van der Waals surface area contributed by atoms with E-state index in [0.717, 1.165) is 32.6 Å². The highest BCUT2D eigenvalue weighted by molar-refractivity contribution is 5.85. The average molecular weight is 322 g/mol. The predicted octanol–water partition coefficient (Wildman–Crippen LogP) is 4.92. The van der Waals surface area contributed by atoms with Crippen LogP contribution in [0.3, 0.4) is 0 Å². The molecule has 1 aliphatic rings. The number of nitrogens with two attached hydrogens (primary N) is 1. The molecule has 0 spiro atoms. The summed E-state index contributed by atoms with van der Waals surface area (Å²) in [6, 6.07) is 0. The SMILES string of the molecule is CCCCCCCCCCCC/C=C/CC1=NCCN1CCN. The zero-order valence-electron chi connectivity index (χ0n) is 15.4. The van der Waals surface area contributed by atoms with Crippen molar-refractivity contribution >= 4 is 5.84 Å². The monoisotopic (exact) mass is 321 g/mol. The fourth-order valence-electron chi connectivity index (χ4n) is 3.18. The Morgan fingerprint density at radius 3 is 2.26 bits per heavy atom. The van der Waals surface area contributed by atoms with Gasteiger partial charge in [0, 0.05) is 26.1 Å². The molecule has 23 heavy (non-hydrogen) atoms. The van der Waals surface area contributed by atoms with E-state index in [-0.39, 0.29) is 0 Å². The van der Waals surface area contributed by atoms with E-state index in [9.17, 15) is 0 Å². The minimum absolute atomic E-state index is 0.724. The molecular formula is C20H39N3. The highest BCUT2D eigenvalue weighted by atomic mass is 15.2. The van der Waals surface area contributed by atoms with Crippen LogP contribution in [-0.4, -0.2) is 36.9 Å². The van der Waals surface area contributed by atoms with E-state index in [0.29, 0.717) is 0 Å². The van der Waals surface area contributed by atoms with Gasteiger partial charge in [-0.1, -0.05) is 76.9 Å². The van der Waals surface area contributed by atoms with E-state index in [4.69, 9.17) is 5.73 Å². The van der Waals surface area contributed by atoms with Gasteiger partial charge in [0.2, 0.25) is 0 Å². The van der Waals surface area contributed by atoms with Gasteiger partial charge in [-0.2, -0.15) is 0 Å². The fourth-order valence-corrected chi connectivity index (χ4v) is 3.18. The Morgan fingerprint density at radius 2 is 1.61 bits per heavy atom. The highest BCUT2D eigenvalue weighted by Crippen LogP contribution is 2.12. The molecule has 0 saturated carbocycles. The molecule has 0 fully saturated rings. The largest absolute Gasteiger partial charge is 0.357 e. The standard InChI is InChI=1S/C20H39N3/c1-2-3-4-5-6-7-8-9-10-11-12-13-14-15-20-22-17-19-23(20)18-16-21/h13-14H,2-12,15-19,21H2,1H3/b14-13+. The summed E-state index contributed by atoms with van der Waals surface area (Å²) in [5.74, 6) is 1.23. The van der Waals surface area contributed by atoms with E-state index in [1.807, 2.05) is 0 Å². The zero-order valence-corrected chi connectivity index (χ0v) is 15.4. The first-order chi connectivity index (χ1) is 11.4. The summed E-state index contributed by atoms with van der Waals surface area (Å²) in [6.45, 7) is 5.96. The Balaban J connectivity index is 1.87. The van der Waals surface area contributed by atoms with Gasteiger partial charge < -0.3 is 10.6 Å². The molecule has 3 heteroatoms. The predicted molar refractivity (Wildman–Crippen MR) is 103 cm³/mol. The summed E-state index contributed by atoms with van der Waals surface area (Å²) in [6.07, 6.45) is 21.0. The second-order valence-electron chi connectivity index (χ2n) is 6.72. The summed E-state index contributed by atoms with van der Waals surface area (Å²) in [4.78, 5) is 6.89. The van der Waals surface area contributed by atoms with Crippen molar-refractivity contribution in [2.75, 3.05) is 26.2 Å². The van der Waals surface area contributed by atoms with Crippen molar-refractivity contribution in [3.63, 3.8) is 0 Å². The Kier molecular flexibility index (Phi) is 13.0.